The van der Waals surface area contributed by atoms with E-state index in [9.17, 15) is 9.59 Å². The molecule has 0 bridgehead atoms. The minimum atomic E-state index is -0.337. The molecule has 0 fully saturated rings. The van der Waals surface area contributed by atoms with Crippen molar-refractivity contribution >= 4 is 90.5 Å². The summed E-state index contributed by atoms with van der Waals surface area (Å²) in [5.74, 6) is -0.459. The van der Waals surface area contributed by atoms with Gasteiger partial charge in [-0.3, -0.25) is 9.59 Å². The smallest absolute Gasteiger partial charge is 0.257 e. The lowest BCUT2D eigenvalue weighted by molar-refractivity contribution is -0.115. The van der Waals surface area contributed by atoms with Gasteiger partial charge in [0, 0.05) is 22.3 Å². The second-order valence-corrected chi connectivity index (χ2v) is 10.7. The fourth-order valence-electron chi connectivity index (χ4n) is 2.60. The molecular formula is C20H14Cl2N4O2S3. The molecule has 2 amide bonds. The maximum atomic E-state index is 12.5. The third-order valence-electron chi connectivity index (χ3n) is 4.11. The van der Waals surface area contributed by atoms with Gasteiger partial charge in [0.2, 0.25) is 5.91 Å². The predicted molar refractivity (Wildman–Crippen MR) is 130 cm³/mol. The van der Waals surface area contributed by atoms with Gasteiger partial charge in [-0.2, -0.15) is 0 Å². The molecule has 0 aliphatic carbocycles. The Hall–Kier alpha value is -2.17. The Morgan fingerprint density at radius 3 is 2.71 bits per heavy atom. The molecule has 4 rings (SSSR count). The van der Waals surface area contributed by atoms with Crippen molar-refractivity contribution in [3.63, 3.8) is 0 Å². The molecule has 0 aliphatic heterocycles. The molecule has 0 saturated carbocycles. The quantitative estimate of drug-likeness (QED) is 0.293. The Labute approximate surface area is 200 Å². The lowest BCUT2D eigenvalue weighted by Gasteiger charge is -2.07. The van der Waals surface area contributed by atoms with Crippen LogP contribution in [0.1, 0.15) is 17.3 Å². The van der Waals surface area contributed by atoms with Crippen molar-refractivity contribution in [1.29, 1.82) is 0 Å². The molecule has 2 N–H and O–H groups in total. The van der Waals surface area contributed by atoms with Crippen LogP contribution >= 0.6 is 57.6 Å². The number of benzene rings is 2. The number of aromatic nitrogens is 2. The van der Waals surface area contributed by atoms with Gasteiger partial charge < -0.3 is 10.6 Å². The predicted octanol–water partition coefficient (Wildman–Crippen LogP) is 6.43. The van der Waals surface area contributed by atoms with Gasteiger partial charge in [0.15, 0.2) is 9.47 Å². The number of nitrogens with one attached hydrogen (secondary N) is 2. The molecule has 0 aliphatic rings. The summed E-state index contributed by atoms with van der Waals surface area (Å²) in [5, 5.41) is 8.42. The van der Waals surface area contributed by atoms with Crippen molar-refractivity contribution in [2.24, 2.45) is 0 Å². The summed E-state index contributed by atoms with van der Waals surface area (Å²) in [7, 11) is 0. The number of rotatable bonds is 6. The average Bonchev–Trinajstić information content (AvgIpc) is 3.36. The highest BCUT2D eigenvalue weighted by atomic mass is 35.5. The topological polar surface area (TPSA) is 84.0 Å². The number of thioether (sulfide) groups is 1. The fourth-order valence-corrected chi connectivity index (χ4v) is 5.88. The SMILES string of the molecule is C[C@H](Sc1nc2ccc(NC(=O)c3ccc(Cl)cc3Cl)cc2s1)C(=O)Nc1nccs1. The molecule has 1 atom stereocenters. The van der Waals surface area contributed by atoms with Crippen LogP contribution in [0, 0.1) is 0 Å². The first-order valence-corrected chi connectivity index (χ1v) is 12.3. The second kappa shape index (κ2) is 9.54. The molecule has 4 aromatic rings. The summed E-state index contributed by atoms with van der Waals surface area (Å²) >= 11 is 16.2. The van der Waals surface area contributed by atoms with Crippen LogP contribution in [0.2, 0.25) is 10.0 Å². The summed E-state index contributed by atoms with van der Waals surface area (Å²) in [4.78, 5) is 33.5. The van der Waals surface area contributed by atoms with E-state index in [0.717, 1.165) is 14.6 Å². The maximum absolute atomic E-state index is 12.5. The molecule has 31 heavy (non-hydrogen) atoms. The normalized spacial score (nSPS) is 12.0. The van der Waals surface area contributed by atoms with E-state index in [1.54, 1.807) is 29.8 Å². The molecule has 11 heteroatoms. The van der Waals surface area contributed by atoms with Crippen LogP contribution in [0.15, 0.2) is 52.3 Å². The van der Waals surface area contributed by atoms with Crippen molar-refractivity contribution in [2.75, 3.05) is 10.6 Å². The van der Waals surface area contributed by atoms with E-state index in [1.807, 2.05) is 19.1 Å². The van der Waals surface area contributed by atoms with Crippen LogP contribution in [-0.4, -0.2) is 27.0 Å². The number of anilines is 2. The van der Waals surface area contributed by atoms with Gasteiger partial charge in [0.05, 0.1) is 26.1 Å². The van der Waals surface area contributed by atoms with Crippen LogP contribution in [0.25, 0.3) is 10.2 Å². The molecule has 0 saturated heterocycles. The first-order valence-electron chi connectivity index (χ1n) is 8.93. The Morgan fingerprint density at radius 1 is 1.13 bits per heavy atom. The Kier molecular flexibility index (Phi) is 6.78. The molecule has 2 aromatic carbocycles. The zero-order valence-electron chi connectivity index (χ0n) is 15.9. The van der Waals surface area contributed by atoms with Crippen molar-refractivity contribution in [1.82, 2.24) is 9.97 Å². The Balaban J connectivity index is 1.45. The standard InChI is InChI=1S/C20H14Cl2N4O2S3/c1-10(17(27)26-19-23-6-7-29-19)30-20-25-15-5-3-12(9-16(15)31-20)24-18(28)13-4-2-11(21)8-14(13)22/h2-10H,1H3,(H,24,28)(H,23,26,27)/t10-/m0/s1. The van der Waals surface area contributed by atoms with Gasteiger partial charge in [-0.25, -0.2) is 9.97 Å². The van der Waals surface area contributed by atoms with Crippen LogP contribution in [0.3, 0.4) is 0 Å². The van der Waals surface area contributed by atoms with Gasteiger partial charge in [-0.15, -0.1) is 22.7 Å². The van der Waals surface area contributed by atoms with Crippen LogP contribution in [0.4, 0.5) is 10.8 Å². The summed E-state index contributed by atoms with van der Waals surface area (Å²) in [6.45, 7) is 1.82. The molecular weight excluding hydrogens is 495 g/mol. The number of hydrogen-bond acceptors (Lipinski definition) is 7. The number of amides is 2. The highest BCUT2D eigenvalue weighted by Gasteiger charge is 2.18. The van der Waals surface area contributed by atoms with Crippen molar-refractivity contribution < 1.29 is 9.59 Å². The minimum absolute atomic E-state index is 0.132. The van der Waals surface area contributed by atoms with E-state index in [0.29, 0.717) is 21.4 Å². The lowest BCUT2D eigenvalue weighted by atomic mass is 10.2. The van der Waals surface area contributed by atoms with Gasteiger partial charge in [0.1, 0.15) is 0 Å². The molecule has 0 radical (unpaired) electrons. The largest absolute Gasteiger partial charge is 0.322 e. The van der Waals surface area contributed by atoms with Gasteiger partial charge >= 0.3 is 0 Å². The molecule has 6 nitrogen and oxygen atoms in total. The van der Waals surface area contributed by atoms with E-state index in [4.69, 9.17) is 23.2 Å². The number of fused-ring (bicyclic) bond motifs is 1. The number of hydrogen-bond donors (Lipinski definition) is 2. The van der Waals surface area contributed by atoms with Crippen molar-refractivity contribution in [3.05, 3.63) is 63.6 Å². The summed E-state index contributed by atoms with van der Waals surface area (Å²) < 4.78 is 1.66. The van der Waals surface area contributed by atoms with Crippen molar-refractivity contribution in [3.8, 4) is 0 Å². The van der Waals surface area contributed by atoms with E-state index in [1.165, 1.54) is 40.5 Å². The lowest BCUT2D eigenvalue weighted by Crippen LogP contribution is -2.22. The summed E-state index contributed by atoms with van der Waals surface area (Å²) in [6, 6.07) is 10.2. The van der Waals surface area contributed by atoms with Crippen molar-refractivity contribution in [2.45, 2.75) is 16.5 Å². The molecule has 2 aromatic heterocycles. The van der Waals surface area contributed by atoms with E-state index >= 15 is 0 Å². The van der Waals surface area contributed by atoms with Gasteiger partial charge in [0.25, 0.3) is 5.91 Å². The van der Waals surface area contributed by atoms with Crippen LogP contribution < -0.4 is 10.6 Å². The maximum Gasteiger partial charge on any atom is 0.257 e. The minimum Gasteiger partial charge on any atom is -0.322 e. The number of carbonyl (C=O) groups is 2. The van der Waals surface area contributed by atoms with Gasteiger partial charge in [-0.05, 0) is 43.3 Å². The van der Waals surface area contributed by atoms with E-state index in [2.05, 4.69) is 20.6 Å². The third-order valence-corrected chi connectivity index (χ3v) is 7.56. The monoisotopic (exact) mass is 508 g/mol. The number of thiazole rings is 2. The molecule has 2 heterocycles. The Morgan fingerprint density at radius 2 is 1.97 bits per heavy atom. The second-order valence-electron chi connectivity index (χ2n) is 6.33. The van der Waals surface area contributed by atoms with E-state index in [-0.39, 0.29) is 22.1 Å². The zero-order valence-corrected chi connectivity index (χ0v) is 19.8. The zero-order chi connectivity index (χ0) is 22.0. The van der Waals surface area contributed by atoms with E-state index < -0.39 is 0 Å². The molecule has 0 spiro atoms. The fraction of sp³-hybridized carbons (Fsp3) is 0.100. The summed E-state index contributed by atoms with van der Waals surface area (Å²) in [6.07, 6.45) is 1.64. The van der Waals surface area contributed by atoms with Crippen LogP contribution in [-0.2, 0) is 4.79 Å². The average molecular weight is 509 g/mol. The Bertz CT molecular complexity index is 1260. The number of nitrogens with zero attached hydrogens (tertiary/aromatic N) is 2. The number of halogens is 2. The van der Waals surface area contributed by atoms with Gasteiger partial charge in [-0.1, -0.05) is 35.0 Å². The highest BCUT2D eigenvalue weighted by molar-refractivity contribution is 8.02. The molecule has 158 valence electrons. The third kappa shape index (κ3) is 5.36. The van der Waals surface area contributed by atoms with Crippen LogP contribution in [0.5, 0.6) is 0 Å². The number of carbonyl (C=O) groups excluding carboxylic acids is 2. The highest BCUT2D eigenvalue weighted by Crippen LogP contribution is 2.34. The first kappa shape index (κ1) is 22.0. The first-order chi connectivity index (χ1) is 14.9. The summed E-state index contributed by atoms with van der Waals surface area (Å²) in [5.41, 5.74) is 1.76. The molecule has 0 unspecified atom stereocenters.